The minimum Gasteiger partial charge on any atom is -0.503 e. The van der Waals surface area contributed by atoms with Crippen LogP contribution in [0.4, 0.5) is 4.39 Å². The largest absolute Gasteiger partial charge is 0.503 e. The second-order valence-electron chi connectivity index (χ2n) is 3.61. The standard InChI is InChI=1S/C12H9FO5S/c13-9-6-7-10(19(15,16)17)11(14)12(9)18-8-4-2-1-3-5-8/h1-7,14H,(H,15,16,17). The summed E-state index contributed by atoms with van der Waals surface area (Å²) in [5, 5.41) is 9.66. The molecule has 0 amide bonds. The predicted molar refractivity (Wildman–Crippen MR) is 64.4 cm³/mol. The molecule has 2 rings (SSSR count). The van der Waals surface area contributed by atoms with Gasteiger partial charge in [0.05, 0.1) is 0 Å². The van der Waals surface area contributed by atoms with Crippen molar-refractivity contribution >= 4 is 10.1 Å². The van der Waals surface area contributed by atoms with E-state index in [1.807, 2.05) is 0 Å². The Morgan fingerprint density at radius 3 is 2.26 bits per heavy atom. The molecule has 0 atom stereocenters. The van der Waals surface area contributed by atoms with E-state index in [1.54, 1.807) is 18.2 Å². The highest BCUT2D eigenvalue weighted by molar-refractivity contribution is 7.86. The number of phenolic OH excluding ortho intramolecular Hbond substituents is 1. The number of rotatable bonds is 3. The van der Waals surface area contributed by atoms with Crippen molar-refractivity contribution < 1.29 is 27.2 Å². The molecule has 7 heteroatoms. The number of aromatic hydroxyl groups is 1. The van der Waals surface area contributed by atoms with Crippen LogP contribution in [0.15, 0.2) is 47.4 Å². The molecule has 0 heterocycles. The third kappa shape index (κ3) is 2.83. The van der Waals surface area contributed by atoms with Gasteiger partial charge in [0.1, 0.15) is 10.6 Å². The van der Waals surface area contributed by atoms with E-state index in [0.717, 1.165) is 12.1 Å². The van der Waals surface area contributed by atoms with Gasteiger partial charge in [-0.25, -0.2) is 4.39 Å². The summed E-state index contributed by atoms with van der Waals surface area (Å²) < 4.78 is 49.5. The second-order valence-corrected chi connectivity index (χ2v) is 5.00. The van der Waals surface area contributed by atoms with E-state index in [2.05, 4.69) is 0 Å². The number of phenols is 1. The Labute approximate surface area is 108 Å². The van der Waals surface area contributed by atoms with Crippen molar-refractivity contribution in [3.05, 3.63) is 48.3 Å². The smallest absolute Gasteiger partial charge is 0.298 e. The normalized spacial score (nSPS) is 11.3. The van der Waals surface area contributed by atoms with Gasteiger partial charge in [-0.05, 0) is 24.3 Å². The Balaban J connectivity index is 2.52. The van der Waals surface area contributed by atoms with Crippen molar-refractivity contribution in [2.75, 3.05) is 0 Å². The van der Waals surface area contributed by atoms with Gasteiger partial charge in [-0.2, -0.15) is 8.42 Å². The molecule has 100 valence electrons. The molecule has 0 aliphatic carbocycles. The first-order valence-corrected chi connectivity index (χ1v) is 6.55. The van der Waals surface area contributed by atoms with E-state index < -0.39 is 32.3 Å². The van der Waals surface area contributed by atoms with Crippen LogP contribution in [0.1, 0.15) is 0 Å². The van der Waals surface area contributed by atoms with Crippen LogP contribution >= 0.6 is 0 Å². The summed E-state index contributed by atoms with van der Waals surface area (Å²) in [6, 6.07) is 9.47. The fraction of sp³-hybridized carbons (Fsp3) is 0. The lowest BCUT2D eigenvalue weighted by Crippen LogP contribution is -2.00. The van der Waals surface area contributed by atoms with Crippen LogP contribution in [0.5, 0.6) is 17.2 Å². The van der Waals surface area contributed by atoms with E-state index in [0.29, 0.717) is 0 Å². The molecule has 0 bridgehead atoms. The van der Waals surface area contributed by atoms with Crippen molar-refractivity contribution in [1.29, 1.82) is 0 Å². The molecular weight excluding hydrogens is 275 g/mol. The second kappa shape index (κ2) is 4.87. The zero-order chi connectivity index (χ0) is 14.0. The molecule has 0 radical (unpaired) electrons. The van der Waals surface area contributed by atoms with Gasteiger partial charge < -0.3 is 9.84 Å². The van der Waals surface area contributed by atoms with Gasteiger partial charge in [-0.15, -0.1) is 0 Å². The predicted octanol–water partition coefficient (Wildman–Crippen LogP) is 2.57. The van der Waals surface area contributed by atoms with Crippen LogP contribution < -0.4 is 4.74 Å². The van der Waals surface area contributed by atoms with Crippen LogP contribution in [0, 0.1) is 5.82 Å². The summed E-state index contributed by atoms with van der Waals surface area (Å²) in [6.07, 6.45) is 0. The van der Waals surface area contributed by atoms with E-state index in [9.17, 15) is 17.9 Å². The molecule has 2 aromatic rings. The Morgan fingerprint density at radius 1 is 1.05 bits per heavy atom. The average molecular weight is 284 g/mol. The Hall–Kier alpha value is -2.12. The summed E-state index contributed by atoms with van der Waals surface area (Å²) >= 11 is 0. The van der Waals surface area contributed by atoms with Gasteiger partial charge in [0.25, 0.3) is 10.1 Å². The molecule has 0 aliphatic rings. The molecule has 0 aliphatic heterocycles. The van der Waals surface area contributed by atoms with Crippen LogP contribution in [0.3, 0.4) is 0 Å². The molecule has 0 saturated carbocycles. The lowest BCUT2D eigenvalue weighted by Gasteiger charge is -2.10. The number of benzene rings is 2. The highest BCUT2D eigenvalue weighted by Crippen LogP contribution is 2.38. The van der Waals surface area contributed by atoms with Crippen LogP contribution in [-0.4, -0.2) is 18.1 Å². The van der Waals surface area contributed by atoms with Gasteiger partial charge in [0, 0.05) is 0 Å². The Bertz CT molecular complexity index is 698. The van der Waals surface area contributed by atoms with E-state index in [4.69, 9.17) is 9.29 Å². The maximum absolute atomic E-state index is 13.5. The van der Waals surface area contributed by atoms with Crippen molar-refractivity contribution in [3.63, 3.8) is 0 Å². The molecule has 19 heavy (non-hydrogen) atoms. The zero-order valence-corrected chi connectivity index (χ0v) is 10.3. The van der Waals surface area contributed by atoms with Crippen molar-refractivity contribution in [2.45, 2.75) is 4.90 Å². The minimum atomic E-state index is -4.66. The molecule has 2 aromatic carbocycles. The molecular formula is C12H9FO5S. The highest BCUT2D eigenvalue weighted by atomic mass is 32.2. The Morgan fingerprint density at radius 2 is 1.68 bits per heavy atom. The number of ether oxygens (including phenoxy) is 1. The van der Waals surface area contributed by atoms with Crippen molar-refractivity contribution in [2.24, 2.45) is 0 Å². The molecule has 0 saturated heterocycles. The van der Waals surface area contributed by atoms with Gasteiger partial charge >= 0.3 is 0 Å². The first-order chi connectivity index (χ1) is 8.89. The fourth-order valence-electron chi connectivity index (χ4n) is 1.44. The number of para-hydroxylation sites is 1. The summed E-state index contributed by atoms with van der Waals surface area (Å²) in [6.45, 7) is 0. The first-order valence-electron chi connectivity index (χ1n) is 5.11. The molecule has 0 aromatic heterocycles. The number of halogens is 1. The lowest BCUT2D eigenvalue weighted by molar-refractivity contribution is 0.376. The van der Waals surface area contributed by atoms with Crippen molar-refractivity contribution in [1.82, 2.24) is 0 Å². The first kappa shape index (κ1) is 13.3. The summed E-state index contributed by atoms with van der Waals surface area (Å²) in [5.74, 6) is -2.38. The highest BCUT2D eigenvalue weighted by Gasteiger charge is 2.22. The molecule has 0 fully saturated rings. The molecule has 5 nitrogen and oxygen atoms in total. The van der Waals surface area contributed by atoms with E-state index in [1.165, 1.54) is 12.1 Å². The van der Waals surface area contributed by atoms with Gasteiger partial charge in [0.15, 0.2) is 11.6 Å². The summed E-state index contributed by atoms with van der Waals surface area (Å²) in [5.41, 5.74) is 0. The van der Waals surface area contributed by atoms with E-state index >= 15 is 0 Å². The van der Waals surface area contributed by atoms with E-state index in [-0.39, 0.29) is 5.75 Å². The van der Waals surface area contributed by atoms with Crippen LogP contribution in [-0.2, 0) is 10.1 Å². The lowest BCUT2D eigenvalue weighted by atomic mass is 10.3. The fourth-order valence-corrected chi connectivity index (χ4v) is 2.02. The summed E-state index contributed by atoms with van der Waals surface area (Å²) in [4.78, 5) is -0.820. The molecule has 0 unspecified atom stereocenters. The number of hydrogen-bond acceptors (Lipinski definition) is 4. The maximum Gasteiger partial charge on any atom is 0.298 e. The maximum atomic E-state index is 13.5. The van der Waals surface area contributed by atoms with Crippen LogP contribution in [0.25, 0.3) is 0 Å². The minimum absolute atomic E-state index is 0.212. The van der Waals surface area contributed by atoms with Gasteiger partial charge in [-0.1, -0.05) is 18.2 Å². The third-order valence-corrected chi connectivity index (χ3v) is 3.17. The molecule has 2 N–H and O–H groups in total. The SMILES string of the molecule is O=S(=O)(O)c1ccc(F)c(Oc2ccccc2)c1O. The summed E-state index contributed by atoms with van der Waals surface area (Å²) in [7, 11) is -4.66. The van der Waals surface area contributed by atoms with Crippen LogP contribution in [0.2, 0.25) is 0 Å². The molecule has 0 spiro atoms. The Kier molecular flexibility index (Phi) is 3.41. The quantitative estimate of drug-likeness (QED) is 0.846. The topological polar surface area (TPSA) is 83.8 Å². The number of hydrogen-bond donors (Lipinski definition) is 2. The van der Waals surface area contributed by atoms with Gasteiger partial charge in [0.2, 0.25) is 5.75 Å². The van der Waals surface area contributed by atoms with Crippen molar-refractivity contribution in [3.8, 4) is 17.2 Å². The zero-order valence-electron chi connectivity index (χ0n) is 9.45. The average Bonchev–Trinajstić information content (AvgIpc) is 2.34. The monoisotopic (exact) mass is 284 g/mol. The van der Waals surface area contributed by atoms with Gasteiger partial charge in [-0.3, -0.25) is 4.55 Å². The third-order valence-electron chi connectivity index (χ3n) is 2.29.